The molecular weight excluding hydrogens is 466 g/mol. The van der Waals surface area contributed by atoms with E-state index in [1.54, 1.807) is 17.4 Å². The normalized spacial score (nSPS) is 11.1. The van der Waals surface area contributed by atoms with Crippen LogP contribution in [0.2, 0.25) is 0 Å². The Hall–Kier alpha value is -1.42. The molecule has 0 saturated heterocycles. The molecule has 1 N–H and O–H groups in total. The molecular formula is C18H26FIN4OS. The molecule has 0 aliphatic rings. The molecule has 1 aromatic heterocycles. The highest BCUT2D eigenvalue weighted by Gasteiger charge is 2.10. The first-order valence-electron chi connectivity index (χ1n) is 8.19. The molecule has 0 spiro atoms. The van der Waals surface area contributed by atoms with Crippen LogP contribution in [0.15, 0.2) is 23.2 Å². The fraction of sp³-hybridized carbons (Fsp3) is 0.444. The summed E-state index contributed by atoms with van der Waals surface area (Å²) in [4.78, 5) is 12.4. The highest BCUT2D eigenvalue weighted by atomic mass is 127. The Kier molecular flexibility index (Phi) is 9.28. The van der Waals surface area contributed by atoms with Crippen molar-refractivity contribution in [2.24, 2.45) is 4.99 Å². The molecule has 0 saturated carbocycles. The Balaban J connectivity index is 0.00000338. The number of benzene rings is 1. The van der Waals surface area contributed by atoms with Gasteiger partial charge in [-0.25, -0.2) is 14.4 Å². The Morgan fingerprint density at radius 2 is 2.12 bits per heavy atom. The van der Waals surface area contributed by atoms with Crippen molar-refractivity contribution < 1.29 is 9.13 Å². The number of nitrogens with zero attached hydrogens (tertiary/aromatic N) is 3. The van der Waals surface area contributed by atoms with Crippen LogP contribution >= 0.6 is 35.3 Å². The van der Waals surface area contributed by atoms with Crippen molar-refractivity contribution in [3.8, 4) is 5.75 Å². The van der Waals surface area contributed by atoms with Gasteiger partial charge in [0.05, 0.1) is 19.3 Å². The first kappa shape index (κ1) is 22.6. The smallest absolute Gasteiger partial charge is 0.194 e. The van der Waals surface area contributed by atoms with E-state index < -0.39 is 0 Å². The van der Waals surface area contributed by atoms with E-state index in [9.17, 15) is 4.39 Å². The maximum atomic E-state index is 13.9. The number of halogens is 2. The summed E-state index contributed by atoms with van der Waals surface area (Å²) in [6.07, 6.45) is 0. The van der Waals surface area contributed by atoms with E-state index in [1.807, 2.05) is 31.9 Å². The number of nitrogens with one attached hydrogen (secondary N) is 1. The largest absolute Gasteiger partial charge is 0.494 e. The van der Waals surface area contributed by atoms with Crippen LogP contribution in [0, 0.1) is 19.7 Å². The number of hydrogen-bond acceptors (Lipinski definition) is 4. The summed E-state index contributed by atoms with van der Waals surface area (Å²) in [5.41, 5.74) is 1.91. The van der Waals surface area contributed by atoms with Crippen molar-refractivity contribution in [3.63, 3.8) is 0 Å². The number of rotatable bonds is 6. The molecule has 0 radical (unpaired) electrons. The number of methoxy groups -OCH3 is 1. The zero-order valence-corrected chi connectivity index (χ0v) is 18.9. The van der Waals surface area contributed by atoms with Gasteiger partial charge in [-0.15, -0.1) is 35.3 Å². The molecule has 1 heterocycles. The molecule has 0 amide bonds. The minimum atomic E-state index is -0.357. The number of aliphatic imine (C=N–C) groups is 1. The minimum absolute atomic E-state index is 0. The second-order valence-electron chi connectivity index (χ2n) is 5.74. The number of aryl methyl sites for hydroxylation is 2. The van der Waals surface area contributed by atoms with E-state index in [2.05, 4.69) is 22.2 Å². The lowest BCUT2D eigenvalue weighted by Crippen LogP contribution is -2.38. The van der Waals surface area contributed by atoms with Crippen LogP contribution < -0.4 is 10.1 Å². The number of ether oxygens (including phenoxy) is 1. The van der Waals surface area contributed by atoms with E-state index in [4.69, 9.17) is 4.74 Å². The lowest BCUT2D eigenvalue weighted by Gasteiger charge is -2.22. The van der Waals surface area contributed by atoms with Gasteiger partial charge < -0.3 is 15.0 Å². The number of guanidine groups is 1. The second kappa shape index (κ2) is 10.7. The van der Waals surface area contributed by atoms with Gasteiger partial charge in [-0.05, 0) is 38.5 Å². The zero-order chi connectivity index (χ0) is 18.4. The third-order valence-corrected chi connectivity index (χ3v) is 4.83. The maximum Gasteiger partial charge on any atom is 0.194 e. The van der Waals surface area contributed by atoms with Crippen molar-refractivity contribution in [2.75, 3.05) is 20.7 Å². The highest BCUT2D eigenvalue weighted by molar-refractivity contribution is 14.0. The molecule has 0 bridgehead atoms. The zero-order valence-electron chi connectivity index (χ0n) is 15.8. The van der Waals surface area contributed by atoms with Gasteiger partial charge in [0.2, 0.25) is 0 Å². The predicted octanol–water partition coefficient (Wildman–Crippen LogP) is 4.12. The van der Waals surface area contributed by atoms with Gasteiger partial charge in [0, 0.05) is 25.0 Å². The van der Waals surface area contributed by atoms with Gasteiger partial charge in [-0.3, -0.25) is 0 Å². The fourth-order valence-electron chi connectivity index (χ4n) is 2.38. The van der Waals surface area contributed by atoms with Crippen LogP contribution in [-0.4, -0.2) is 36.5 Å². The van der Waals surface area contributed by atoms with E-state index in [1.165, 1.54) is 18.1 Å². The second-order valence-corrected chi connectivity index (χ2v) is 7.03. The van der Waals surface area contributed by atoms with E-state index in [-0.39, 0.29) is 35.5 Å². The van der Waals surface area contributed by atoms with Gasteiger partial charge >= 0.3 is 0 Å². The minimum Gasteiger partial charge on any atom is -0.494 e. The monoisotopic (exact) mass is 492 g/mol. The average molecular weight is 492 g/mol. The summed E-state index contributed by atoms with van der Waals surface area (Å²) < 4.78 is 18.8. The van der Waals surface area contributed by atoms with Crippen molar-refractivity contribution in [3.05, 3.63) is 45.2 Å². The lowest BCUT2D eigenvalue weighted by atomic mass is 10.2. The Morgan fingerprint density at radius 3 is 2.65 bits per heavy atom. The van der Waals surface area contributed by atoms with Gasteiger partial charge in [-0.2, -0.15) is 0 Å². The third kappa shape index (κ3) is 6.08. The summed E-state index contributed by atoms with van der Waals surface area (Å²) in [6, 6.07) is 4.99. The Labute approximate surface area is 175 Å². The Bertz CT molecular complexity index is 731. The van der Waals surface area contributed by atoms with Gasteiger partial charge in [0.1, 0.15) is 5.01 Å². The summed E-state index contributed by atoms with van der Waals surface area (Å²) in [6.45, 7) is 7.93. The number of hydrogen-bond donors (Lipinski definition) is 1. The fourth-order valence-corrected chi connectivity index (χ4v) is 3.23. The number of aromatic nitrogens is 1. The van der Waals surface area contributed by atoms with Gasteiger partial charge in [0.25, 0.3) is 0 Å². The first-order valence-corrected chi connectivity index (χ1v) is 9.01. The lowest BCUT2D eigenvalue weighted by molar-refractivity contribution is 0.385. The summed E-state index contributed by atoms with van der Waals surface area (Å²) in [5.74, 6) is 0.662. The predicted molar refractivity (Wildman–Crippen MR) is 116 cm³/mol. The van der Waals surface area contributed by atoms with Crippen LogP contribution in [0.4, 0.5) is 4.39 Å². The van der Waals surface area contributed by atoms with Crippen molar-refractivity contribution in [2.45, 2.75) is 33.9 Å². The van der Waals surface area contributed by atoms with Crippen molar-refractivity contribution >= 4 is 41.3 Å². The van der Waals surface area contributed by atoms with Crippen LogP contribution in [-0.2, 0) is 13.1 Å². The van der Waals surface area contributed by atoms with Crippen LogP contribution in [0.25, 0.3) is 0 Å². The highest BCUT2D eigenvalue weighted by Crippen LogP contribution is 2.19. The first-order chi connectivity index (χ1) is 11.9. The van der Waals surface area contributed by atoms with Crippen LogP contribution in [0.1, 0.15) is 28.1 Å². The molecule has 0 atom stereocenters. The molecule has 1 aromatic carbocycles. The molecule has 2 rings (SSSR count). The standard InChI is InChI=1S/C18H25FN4OS.HI/c1-6-20-18(21-10-17-22-12(2)13(3)25-17)23(4)11-14-7-8-16(24-5)15(19)9-14;/h7-9H,6,10-11H2,1-5H3,(H,20,21);1H. The van der Waals surface area contributed by atoms with Crippen LogP contribution in [0.3, 0.4) is 0 Å². The molecule has 8 heteroatoms. The maximum absolute atomic E-state index is 13.9. The summed E-state index contributed by atoms with van der Waals surface area (Å²) in [5, 5.41) is 4.26. The van der Waals surface area contributed by atoms with Crippen molar-refractivity contribution in [1.82, 2.24) is 15.2 Å². The molecule has 2 aromatic rings. The van der Waals surface area contributed by atoms with Gasteiger partial charge in [0.15, 0.2) is 17.5 Å². The van der Waals surface area contributed by atoms with E-state index in [0.717, 1.165) is 28.8 Å². The molecule has 0 aliphatic heterocycles. The van der Waals surface area contributed by atoms with E-state index >= 15 is 0 Å². The Morgan fingerprint density at radius 1 is 1.38 bits per heavy atom. The van der Waals surface area contributed by atoms with Crippen molar-refractivity contribution in [1.29, 1.82) is 0 Å². The third-order valence-electron chi connectivity index (χ3n) is 3.77. The SMILES string of the molecule is CCNC(=NCc1nc(C)c(C)s1)N(C)Cc1ccc(OC)c(F)c1.I. The molecule has 5 nitrogen and oxygen atoms in total. The van der Waals surface area contributed by atoms with Crippen LogP contribution in [0.5, 0.6) is 5.75 Å². The average Bonchev–Trinajstić information content (AvgIpc) is 2.89. The summed E-state index contributed by atoms with van der Waals surface area (Å²) in [7, 11) is 3.39. The molecule has 26 heavy (non-hydrogen) atoms. The molecule has 0 unspecified atom stereocenters. The molecule has 144 valence electrons. The van der Waals surface area contributed by atoms with E-state index in [0.29, 0.717) is 13.1 Å². The quantitative estimate of drug-likeness (QED) is 0.375. The molecule has 0 fully saturated rings. The van der Waals surface area contributed by atoms with Gasteiger partial charge in [-0.1, -0.05) is 6.07 Å². The number of thiazole rings is 1. The topological polar surface area (TPSA) is 49.8 Å². The molecule has 0 aliphatic carbocycles. The summed E-state index contributed by atoms with van der Waals surface area (Å²) >= 11 is 1.67.